The van der Waals surface area contributed by atoms with Crippen LogP contribution in [0.4, 0.5) is 5.69 Å². The van der Waals surface area contributed by atoms with Gasteiger partial charge in [0.1, 0.15) is 11.9 Å². The molecule has 0 saturated heterocycles. The smallest absolute Gasteiger partial charge is 0.328 e. The Balaban J connectivity index is 1.92. The number of aryl methyl sites for hydroxylation is 1. The van der Waals surface area contributed by atoms with Crippen molar-refractivity contribution >= 4 is 17.6 Å². The highest BCUT2D eigenvalue weighted by atomic mass is 16.5. The molecule has 7 nitrogen and oxygen atoms in total. The number of hydrogen-bond donors (Lipinski definition) is 2. The van der Waals surface area contributed by atoms with Gasteiger partial charge in [0.25, 0.3) is 5.91 Å². The number of aromatic nitrogens is 2. The Kier molecular flexibility index (Phi) is 5.35. The van der Waals surface area contributed by atoms with E-state index < -0.39 is 12.0 Å². The maximum Gasteiger partial charge on any atom is 0.328 e. The van der Waals surface area contributed by atoms with Gasteiger partial charge in [0.15, 0.2) is 0 Å². The van der Waals surface area contributed by atoms with Gasteiger partial charge in [-0.05, 0) is 31.2 Å². The zero-order valence-electron chi connectivity index (χ0n) is 13.4. The van der Waals surface area contributed by atoms with Crippen molar-refractivity contribution in [3.63, 3.8) is 0 Å². The molecule has 0 aliphatic rings. The fourth-order valence-corrected chi connectivity index (χ4v) is 2.00. The van der Waals surface area contributed by atoms with Crippen molar-refractivity contribution in [1.29, 1.82) is 0 Å². The minimum atomic E-state index is -0.686. The van der Waals surface area contributed by atoms with Crippen LogP contribution in [-0.4, -0.2) is 34.6 Å². The first-order valence-corrected chi connectivity index (χ1v) is 7.20. The molecule has 0 radical (unpaired) electrons. The third-order valence-electron chi connectivity index (χ3n) is 3.42. The van der Waals surface area contributed by atoms with Crippen LogP contribution in [-0.2, 0) is 23.1 Å². The molecule has 23 heavy (non-hydrogen) atoms. The van der Waals surface area contributed by atoms with E-state index in [4.69, 9.17) is 0 Å². The van der Waals surface area contributed by atoms with E-state index in [0.29, 0.717) is 12.1 Å². The van der Waals surface area contributed by atoms with Gasteiger partial charge in [0.2, 0.25) is 0 Å². The summed E-state index contributed by atoms with van der Waals surface area (Å²) in [7, 11) is 3.22. The van der Waals surface area contributed by atoms with E-state index >= 15 is 0 Å². The molecule has 0 unspecified atom stereocenters. The summed E-state index contributed by atoms with van der Waals surface area (Å²) in [5.74, 6) is 0.115. The van der Waals surface area contributed by atoms with Crippen LogP contribution in [0.3, 0.4) is 0 Å². The van der Waals surface area contributed by atoms with Gasteiger partial charge in [-0.15, -0.1) is 0 Å². The number of benzene rings is 1. The number of anilines is 1. The van der Waals surface area contributed by atoms with Crippen molar-refractivity contribution in [1.82, 2.24) is 14.9 Å². The predicted octanol–water partition coefficient (Wildman–Crippen LogP) is 1.32. The molecule has 1 heterocycles. The largest absolute Gasteiger partial charge is 0.467 e. The number of methoxy groups -OCH3 is 1. The third kappa shape index (κ3) is 4.32. The summed E-state index contributed by atoms with van der Waals surface area (Å²) in [6.07, 6.45) is 3.62. The van der Waals surface area contributed by atoms with E-state index in [9.17, 15) is 9.59 Å². The molecule has 0 fully saturated rings. The molecule has 1 aromatic carbocycles. The van der Waals surface area contributed by atoms with Crippen LogP contribution in [0.5, 0.6) is 0 Å². The number of hydrogen-bond acceptors (Lipinski definition) is 5. The summed E-state index contributed by atoms with van der Waals surface area (Å²) in [5, 5.41) is 5.81. The molecular formula is C16H20N4O3. The summed E-state index contributed by atoms with van der Waals surface area (Å²) < 4.78 is 6.51. The second-order valence-corrected chi connectivity index (χ2v) is 5.10. The number of nitrogens with zero attached hydrogens (tertiary/aromatic N) is 2. The Morgan fingerprint density at radius 2 is 2.00 bits per heavy atom. The highest BCUT2D eigenvalue weighted by Gasteiger charge is 2.16. The second-order valence-electron chi connectivity index (χ2n) is 5.10. The summed E-state index contributed by atoms with van der Waals surface area (Å²) in [4.78, 5) is 27.6. The highest BCUT2D eigenvalue weighted by Crippen LogP contribution is 2.11. The van der Waals surface area contributed by atoms with Crippen LogP contribution < -0.4 is 10.6 Å². The summed E-state index contributed by atoms with van der Waals surface area (Å²) in [6, 6.07) is 6.32. The van der Waals surface area contributed by atoms with Crippen LogP contribution >= 0.6 is 0 Å². The maximum atomic E-state index is 12.0. The van der Waals surface area contributed by atoms with E-state index in [1.165, 1.54) is 7.11 Å². The lowest BCUT2D eigenvalue weighted by Gasteiger charge is -2.12. The molecule has 7 heteroatoms. The second kappa shape index (κ2) is 7.44. The summed E-state index contributed by atoms with van der Waals surface area (Å²) in [5.41, 5.74) is 1.36. The van der Waals surface area contributed by atoms with Crippen molar-refractivity contribution in [2.75, 3.05) is 12.4 Å². The van der Waals surface area contributed by atoms with Crippen LogP contribution in [0, 0.1) is 0 Å². The average molecular weight is 316 g/mol. The standard InChI is InChI=1S/C16H20N4O3/c1-11(16(22)23-3)19-15(21)12-4-6-13(7-5-12)18-10-14-17-8-9-20(14)2/h4-9,11,18H,10H2,1-3H3,(H,19,21)/t11-/m1/s1. The molecule has 2 rings (SSSR count). The Hall–Kier alpha value is -2.83. The third-order valence-corrected chi connectivity index (χ3v) is 3.42. The zero-order chi connectivity index (χ0) is 16.8. The number of imidazole rings is 1. The fraction of sp³-hybridized carbons (Fsp3) is 0.312. The van der Waals surface area contributed by atoms with Gasteiger partial charge in [-0.1, -0.05) is 0 Å². The summed E-state index contributed by atoms with van der Waals surface area (Å²) >= 11 is 0. The molecule has 0 bridgehead atoms. The summed E-state index contributed by atoms with van der Waals surface area (Å²) in [6.45, 7) is 2.17. The average Bonchev–Trinajstić information content (AvgIpc) is 2.97. The topological polar surface area (TPSA) is 85.2 Å². The molecule has 0 saturated carbocycles. The van der Waals surface area contributed by atoms with Crippen molar-refractivity contribution in [2.24, 2.45) is 7.05 Å². The first-order valence-electron chi connectivity index (χ1n) is 7.20. The van der Waals surface area contributed by atoms with Gasteiger partial charge in [0, 0.05) is 30.7 Å². The van der Waals surface area contributed by atoms with Crippen molar-refractivity contribution < 1.29 is 14.3 Å². The quantitative estimate of drug-likeness (QED) is 0.785. The van der Waals surface area contributed by atoms with Gasteiger partial charge in [0.05, 0.1) is 13.7 Å². The van der Waals surface area contributed by atoms with E-state index in [1.807, 2.05) is 17.8 Å². The molecule has 0 spiro atoms. The van der Waals surface area contributed by atoms with E-state index in [1.54, 1.807) is 37.4 Å². The number of carbonyl (C=O) groups excluding carboxylic acids is 2. The van der Waals surface area contributed by atoms with Gasteiger partial charge in [-0.3, -0.25) is 4.79 Å². The lowest BCUT2D eigenvalue weighted by Crippen LogP contribution is -2.39. The van der Waals surface area contributed by atoms with Gasteiger partial charge < -0.3 is 19.9 Å². The van der Waals surface area contributed by atoms with Crippen LogP contribution in [0.2, 0.25) is 0 Å². The molecule has 2 aromatic rings. The van der Waals surface area contributed by atoms with Crippen molar-refractivity contribution in [3.8, 4) is 0 Å². The minimum Gasteiger partial charge on any atom is -0.467 e. The van der Waals surface area contributed by atoms with E-state index in [-0.39, 0.29) is 5.91 Å². The van der Waals surface area contributed by atoms with Crippen molar-refractivity contribution in [3.05, 3.63) is 48.0 Å². The Morgan fingerprint density at radius 3 is 2.57 bits per heavy atom. The minimum absolute atomic E-state index is 0.321. The van der Waals surface area contributed by atoms with Crippen LogP contribution in [0.1, 0.15) is 23.1 Å². The SMILES string of the molecule is COC(=O)[C@@H](C)NC(=O)c1ccc(NCc2nccn2C)cc1. The molecule has 122 valence electrons. The molecular weight excluding hydrogens is 296 g/mol. The van der Waals surface area contributed by atoms with Crippen molar-refractivity contribution in [2.45, 2.75) is 19.5 Å². The van der Waals surface area contributed by atoms with Crippen LogP contribution in [0.25, 0.3) is 0 Å². The Labute approximate surface area is 134 Å². The van der Waals surface area contributed by atoms with E-state index in [0.717, 1.165) is 11.5 Å². The number of nitrogens with one attached hydrogen (secondary N) is 2. The maximum absolute atomic E-state index is 12.0. The number of esters is 1. The van der Waals surface area contributed by atoms with Gasteiger partial charge >= 0.3 is 5.97 Å². The zero-order valence-corrected chi connectivity index (χ0v) is 13.4. The normalized spacial score (nSPS) is 11.6. The van der Waals surface area contributed by atoms with Gasteiger partial charge in [-0.2, -0.15) is 0 Å². The molecule has 0 aliphatic carbocycles. The Morgan fingerprint density at radius 1 is 1.30 bits per heavy atom. The number of rotatable bonds is 6. The first kappa shape index (κ1) is 16.5. The molecule has 0 aliphatic heterocycles. The van der Waals surface area contributed by atoms with Gasteiger partial charge in [-0.25, -0.2) is 9.78 Å². The lowest BCUT2D eigenvalue weighted by atomic mass is 10.2. The predicted molar refractivity (Wildman–Crippen MR) is 85.9 cm³/mol. The molecule has 1 amide bonds. The van der Waals surface area contributed by atoms with Crippen LogP contribution in [0.15, 0.2) is 36.7 Å². The monoisotopic (exact) mass is 316 g/mol. The molecule has 2 N–H and O–H groups in total. The number of ether oxygens (including phenoxy) is 1. The Bertz CT molecular complexity index is 679. The lowest BCUT2D eigenvalue weighted by molar-refractivity contribution is -0.142. The highest BCUT2D eigenvalue weighted by molar-refractivity contribution is 5.96. The van der Waals surface area contributed by atoms with E-state index in [2.05, 4.69) is 20.4 Å². The number of carbonyl (C=O) groups is 2. The molecule has 1 aromatic heterocycles. The molecule has 1 atom stereocenters. The first-order chi connectivity index (χ1) is 11.0. The fourth-order valence-electron chi connectivity index (χ4n) is 2.00. The number of amides is 1.